The molecule has 2 atom stereocenters. The maximum Gasteiger partial charge on any atom is 0.127 e. The van der Waals surface area contributed by atoms with Gasteiger partial charge in [0.25, 0.3) is 0 Å². The monoisotopic (exact) mass is 336 g/mol. The van der Waals surface area contributed by atoms with Gasteiger partial charge in [0.05, 0.1) is 0 Å². The van der Waals surface area contributed by atoms with Crippen LogP contribution in [0.1, 0.15) is 64.9 Å². The van der Waals surface area contributed by atoms with Gasteiger partial charge in [-0.25, -0.2) is 0 Å². The van der Waals surface area contributed by atoms with Crippen LogP contribution >= 0.6 is 0 Å². The van der Waals surface area contributed by atoms with E-state index in [0.29, 0.717) is 5.92 Å². The quantitative estimate of drug-likeness (QED) is 0.378. The molecule has 2 rings (SSSR count). The minimum Gasteiger partial charge on any atom is -0.303 e. The van der Waals surface area contributed by atoms with Crippen LogP contribution in [0.3, 0.4) is 0 Å². The highest BCUT2D eigenvalue weighted by molar-refractivity contribution is 5.64. The van der Waals surface area contributed by atoms with Crippen molar-refractivity contribution in [1.82, 2.24) is 0 Å². The van der Waals surface area contributed by atoms with Crippen molar-refractivity contribution in [3.63, 3.8) is 0 Å². The lowest BCUT2D eigenvalue weighted by Crippen LogP contribution is -2.33. The molecule has 0 saturated heterocycles. The second-order valence-corrected chi connectivity index (χ2v) is 7.44. The summed E-state index contributed by atoms with van der Waals surface area (Å²) in [5.74, 6) is 0.321. The van der Waals surface area contributed by atoms with Crippen LogP contribution in [0.15, 0.2) is 59.7 Å². The van der Waals surface area contributed by atoms with Crippen molar-refractivity contribution in [1.29, 1.82) is 0 Å². The molecule has 1 nitrogen and oxygen atoms in total. The lowest BCUT2D eigenvalue weighted by atomic mass is 9.65. The molecule has 2 unspecified atom stereocenters. The number of carbonyl (C=O) groups excluding carboxylic acids is 1. The number of rotatable bonds is 8. The van der Waals surface area contributed by atoms with Crippen LogP contribution in [0.5, 0.6) is 0 Å². The Kier molecular flexibility index (Phi) is 7.43. The summed E-state index contributed by atoms with van der Waals surface area (Å²) in [5, 5.41) is 0. The van der Waals surface area contributed by atoms with Gasteiger partial charge in [-0.1, -0.05) is 99.7 Å². The van der Waals surface area contributed by atoms with Gasteiger partial charge in [-0.2, -0.15) is 0 Å². The minimum atomic E-state index is -0.223. The molecule has 0 N–H and O–H groups in total. The highest BCUT2D eigenvalue weighted by Gasteiger charge is 2.38. The number of hydrogen-bond acceptors (Lipinski definition) is 1. The van der Waals surface area contributed by atoms with Gasteiger partial charge in [0.15, 0.2) is 0 Å². The van der Waals surface area contributed by atoms with E-state index in [2.05, 4.69) is 57.2 Å². The molecule has 1 aromatic carbocycles. The number of unbranched alkanes of at least 4 members (excludes halogenated alkanes) is 3. The Morgan fingerprint density at radius 3 is 2.60 bits per heavy atom. The van der Waals surface area contributed by atoms with Crippen LogP contribution in [0.4, 0.5) is 0 Å². The van der Waals surface area contributed by atoms with Crippen LogP contribution < -0.4 is 0 Å². The molecule has 25 heavy (non-hydrogen) atoms. The maximum absolute atomic E-state index is 12.0. The first-order valence-corrected chi connectivity index (χ1v) is 9.68. The molecule has 0 bridgehead atoms. The number of carbonyl (C=O) groups is 1. The molecule has 1 aliphatic rings. The molecule has 0 fully saturated rings. The number of aldehydes is 1. The van der Waals surface area contributed by atoms with E-state index in [0.717, 1.165) is 19.3 Å². The van der Waals surface area contributed by atoms with E-state index < -0.39 is 0 Å². The standard InChI is InChI=1S/C24H32O/c1-4-5-6-10-16-24(19-25)18-23(20(2)17-21(24)3)15-11-14-22-12-8-7-9-13-22/h7-9,11-15,17,19,21H,4-6,10,16,18H2,1-3H3. The maximum atomic E-state index is 12.0. The molecule has 0 aliphatic heterocycles. The largest absolute Gasteiger partial charge is 0.303 e. The van der Waals surface area contributed by atoms with Gasteiger partial charge >= 0.3 is 0 Å². The molecule has 1 heteroatoms. The zero-order valence-corrected chi connectivity index (χ0v) is 16.0. The topological polar surface area (TPSA) is 17.1 Å². The Hall–Kier alpha value is -1.89. The molecular weight excluding hydrogens is 304 g/mol. The summed E-state index contributed by atoms with van der Waals surface area (Å²) in [4.78, 5) is 12.0. The molecule has 1 aliphatic carbocycles. The summed E-state index contributed by atoms with van der Waals surface area (Å²) in [6, 6.07) is 10.3. The Morgan fingerprint density at radius 2 is 1.92 bits per heavy atom. The first kappa shape index (κ1) is 19.4. The van der Waals surface area contributed by atoms with Gasteiger partial charge in [0.1, 0.15) is 6.29 Å². The summed E-state index contributed by atoms with van der Waals surface area (Å²) in [7, 11) is 0. The molecule has 0 spiro atoms. The SMILES string of the molecule is CCCCCCC1(C=O)CC(=CC=Cc2ccccc2)C(C)=CC1C. The first-order valence-electron chi connectivity index (χ1n) is 9.68. The average molecular weight is 337 g/mol. The Labute approximate surface area is 153 Å². The van der Waals surface area contributed by atoms with Crippen molar-refractivity contribution in [2.45, 2.75) is 59.3 Å². The van der Waals surface area contributed by atoms with Crippen molar-refractivity contribution >= 4 is 12.4 Å². The van der Waals surface area contributed by atoms with Gasteiger partial charge in [-0.15, -0.1) is 0 Å². The number of benzene rings is 1. The summed E-state index contributed by atoms with van der Waals surface area (Å²) < 4.78 is 0. The van der Waals surface area contributed by atoms with Crippen LogP contribution in [0.2, 0.25) is 0 Å². The number of hydrogen-bond donors (Lipinski definition) is 0. The summed E-state index contributed by atoms with van der Waals surface area (Å²) in [6.45, 7) is 6.60. The molecular formula is C24H32O. The normalized spacial score (nSPS) is 25.3. The van der Waals surface area contributed by atoms with E-state index >= 15 is 0 Å². The lowest BCUT2D eigenvalue weighted by Gasteiger charge is -2.38. The van der Waals surface area contributed by atoms with Gasteiger partial charge in [-0.05, 0) is 36.8 Å². The van der Waals surface area contributed by atoms with Crippen LogP contribution in [-0.2, 0) is 4.79 Å². The minimum absolute atomic E-state index is 0.223. The molecule has 0 aromatic heterocycles. The van der Waals surface area contributed by atoms with Gasteiger partial charge in [-0.3, -0.25) is 0 Å². The fourth-order valence-corrected chi connectivity index (χ4v) is 3.74. The molecule has 0 amide bonds. The predicted octanol–water partition coefficient (Wildman–Crippen LogP) is 6.77. The summed E-state index contributed by atoms with van der Waals surface area (Å²) in [6.07, 6.45) is 16.7. The third-order valence-electron chi connectivity index (χ3n) is 5.55. The lowest BCUT2D eigenvalue weighted by molar-refractivity contribution is -0.118. The average Bonchev–Trinajstić information content (AvgIpc) is 2.63. The highest BCUT2D eigenvalue weighted by atomic mass is 16.1. The summed E-state index contributed by atoms with van der Waals surface area (Å²) in [5.41, 5.74) is 3.59. The van der Waals surface area contributed by atoms with Crippen molar-refractivity contribution in [2.24, 2.45) is 11.3 Å². The van der Waals surface area contributed by atoms with E-state index in [1.54, 1.807) is 0 Å². The third kappa shape index (κ3) is 5.29. The fourth-order valence-electron chi connectivity index (χ4n) is 3.74. The van der Waals surface area contributed by atoms with Gasteiger partial charge < -0.3 is 4.79 Å². The first-order chi connectivity index (χ1) is 12.1. The number of allylic oxidation sites excluding steroid dienone is 5. The second kappa shape index (κ2) is 9.56. The molecule has 1 aromatic rings. The van der Waals surface area contributed by atoms with Crippen molar-refractivity contribution < 1.29 is 4.79 Å². The molecule has 134 valence electrons. The Morgan fingerprint density at radius 1 is 1.16 bits per heavy atom. The third-order valence-corrected chi connectivity index (χ3v) is 5.55. The predicted molar refractivity (Wildman–Crippen MR) is 108 cm³/mol. The zero-order chi connectivity index (χ0) is 18.1. The van der Waals surface area contributed by atoms with E-state index in [1.807, 2.05) is 18.2 Å². The molecule has 0 heterocycles. The van der Waals surface area contributed by atoms with Crippen molar-refractivity contribution in [3.05, 3.63) is 65.3 Å². The Balaban J connectivity index is 2.13. The van der Waals surface area contributed by atoms with Gasteiger partial charge in [0, 0.05) is 5.41 Å². The fraction of sp³-hybridized carbons (Fsp3) is 0.458. The summed E-state index contributed by atoms with van der Waals surface area (Å²) >= 11 is 0. The van der Waals surface area contributed by atoms with E-state index in [9.17, 15) is 4.79 Å². The molecule has 0 radical (unpaired) electrons. The Bertz CT molecular complexity index is 635. The van der Waals surface area contributed by atoms with E-state index in [-0.39, 0.29) is 5.41 Å². The van der Waals surface area contributed by atoms with Crippen molar-refractivity contribution in [2.75, 3.05) is 0 Å². The van der Waals surface area contributed by atoms with Crippen LogP contribution in [0.25, 0.3) is 6.08 Å². The van der Waals surface area contributed by atoms with Gasteiger partial charge in [0.2, 0.25) is 0 Å². The van der Waals surface area contributed by atoms with E-state index in [4.69, 9.17) is 0 Å². The van der Waals surface area contributed by atoms with E-state index in [1.165, 1.54) is 42.3 Å². The molecule has 0 saturated carbocycles. The van der Waals surface area contributed by atoms with Crippen molar-refractivity contribution in [3.8, 4) is 0 Å². The smallest absolute Gasteiger partial charge is 0.127 e. The highest BCUT2D eigenvalue weighted by Crippen LogP contribution is 2.44. The van der Waals surface area contributed by atoms with Crippen LogP contribution in [-0.4, -0.2) is 6.29 Å². The zero-order valence-electron chi connectivity index (χ0n) is 16.0. The van der Waals surface area contributed by atoms with Crippen LogP contribution in [0, 0.1) is 11.3 Å². The second-order valence-electron chi connectivity index (χ2n) is 7.44.